The number of rotatable bonds is 26. The van der Waals surface area contributed by atoms with Crippen molar-refractivity contribution in [3.8, 4) is 11.5 Å². The van der Waals surface area contributed by atoms with Crippen LogP contribution in [0.15, 0.2) is 24.3 Å². The van der Waals surface area contributed by atoms with E-state index in [0.717, 1.165) is 46.8 Å². The zero-order valence-corrected chi connectivity index (χ0v) is 30.5. The van der Waals surface area contributed by atoms with Crippen molar-refractivity contribution in [3.63, 3.8) is 0 Å². The van der Waals surface area contributed by atoms with E-state index in [9.17, 15) is 0 Å². The maximum Gasteiger partial charge on any atom is 0.137 e. The molecular formula is C34H66Br2N2O2. The lowest BCUT2D eigenvalue weighted by Crippen LogP contribution is -3.00. The monoisotopic (exact) mass is 692 g/mol. The number of halogens is 2. The first kappa shape index (κ1) is 41.8. The largest absolute Gasteiger partial charge is 1.00 e. The van der Waals surface area contributed by atoms with Gasteiger partial charge in [-0.15, -0.1) is 0 Å². The highest BCUT2D eigenvalue weighted by molar-refractivity contribution is 5.31. The fourth-order valence-electron chi connectivity index (χ4n) is 5.02. The second-order valence-corrected chi connectivity index (χ2v) is 12.9. The van der Waals surface area contributed by atoms with Crippen LogP contribution in [0, 0.1) is 0 Å². The van der Waals surface area contributed by atoms with Crippen molar-refractivity contribution in [2.45, 2.75) is 117 Å². The second kappa shape index (κ2) is 26.3. The number of unbranched alkanes of at least 4 members (excludes halogenated alkanes) is 14. The lowest BCUT2D eigenvalue weighted by atomic mass is 10.1. The number of quaternary nitrogens is 2. The van der Waals surface area contributed by atoms with Crippen molar-refractivity contribution in [2.75, 3.05) is 67.6 Å². The number of hydrogen-bond acceptors (Lipinski definition) is 2. The number of ether oxygens (including phenoxy) is 2. The second-order valence-electron chi connectivity index (χ2n) is 12.9. The molecule has 0 amide bonds. The normalized spacial score (nSPS) is 11.6. The minimum Gasteiger partial charge on any atom is -1.00 e. The number of nitrogens with zero attached hydrogens (tertiary/aromatic N) is 2. The van der Waals surface area contributed by atoms with Crippen LogP contribution in [-0.4, -0.2) is 76.5 Å². The van der Waals surface area contributed by atoms with E-state index in [1.54, 1.807) is 0 Å². The average molecular weight is 695 g/mol. The summed E-state index contributed by atoms with van der Waals surface area (Å²) in [5.74, 6) is 1.88. The summed E-state index contributed by atoms with van der Waals surface area (Å²) in [4.78, 5) is 0. The van der Waals surface area contributed by atoms with Crippen LogP contribution in [0.1, 0.15) is 117 Å². The molecule has 6 heteroatoms. The smallest absolute Gasteiger partial charge is 0.137 e. The van der Waals surface area contributed by atoms with Crippen molar-refractivity contribution in [1.82, 2.24) is 0 Å². The molecule has 0 aliphatic carbocycles. The predicted molar refractivity (Wildman–Crippen MR) is 166 cm³/mol. The molecule has 1 aromatic rings. The van der Waals surface area contributed by atoms with Crippen LogP contribution in [0.25, 0.3) is 0 Å². The molecule has 4 nitrogen and oxygen atoms in total. The highest BCUT2D eigenvalue weighted by Crippen LogP contribution is 2.18. The first-order valence-corrected chi connectivity index (χ1v) is 16.3. The van der Waals surface area contributed by atoms with Crippen LogP contribution < -0.4 is 43.4 Å². The molecular weight excluding hydrogens is 628 g/mol. The van der Waals surface area contributed by atoms with Crippen LogP contribution in [0.4, 0.5) is 0 Å². The lowest BCUT2D eigenvalue weighted by molar-refractivity contribution is -0.890. The van der Waals surface area contributed by atoms with Crippen LogP contribution in [0.5, 0.6) is 11.5 Å². The van der Waals surface area contributed by atoms with E-state index in [1.165, 1.54) is 116 Å². The zero-order valence-electron chi connectivity index (χ0n) is 27.3. The third kappa shape index (κ3) is 24.3. The van der Waals surface area contributed by atoms with Crippen LogP contribution in [-0.2, 0) is 0 Å². The fourth-order valence-corrected chi connectivity index (χ4v) is 5.02. The third-order valence-electron chi connectivity index (χ3n) is 7.99. The van der Waals surface area contributed by atoms with Crippen molar-refractivity contribution in [2.24, 2.45) is 0 Å². The Morgan fingerprint density at radius 1 is 0.425 bits per heavy atom. The highest BCUT2D eigenvalue weighted by Gasteiger charge is 2.16. The van der Waals surface area contributed by atoms with E-state index >= 15 is 0 Å². The number of hydrogen-bond donors (Lipinski definition) is 0. The Morgan fingerprint density at radius 3 is 1.00 bits per heavy atom. The average Bonchev–Trinajstić information content (AvgIpc) is 2.88. The Morgan fingerprint density at radius 2 is 0.700 bits per heavy atom. The molecule has 238 valence electrons. The summed E-state index contributed by atoms with van der Waals surface area (Å²) < 4.78 is 14.2. The molecule has 0 bridgehead atoms. The van der Waals surface area contributed by atoms with E-state index in [0.29, 0.717) is 0 Å². The summed E-state index contributed by atoms with van der Waals surface area (Å²) in [6.07, 6.45) is 22.1. The van der Waals surface area contributed by atoms with E-state index in [4.69, 9.17) is 9.47 Å². The van der Waals surface area contributed by atoms with Crippen molar-refractivity contribution < 1.29 is 52.4 Å². The summed E-state index contributed by atoms with van der Waals surface area (Å²) in [6.45, 7) is 10.6. The van der Waals surface area contributed by atoms with E-state index < -0.39 is 0 Å². The summed E-state index contributed by atoms with van der Waals surface area (Å²) in [5, 5.41) is 0. The van der Waals surface area contributed by atoms with Crippen molar-refractivity contribution in [3.05, 3.63) is 24.3 Å². The summed E-state index contributed by atoms with van der Waals surface area (Å²) in [6, 6.07) is 8.20. The van der Waals surface area contributed by atoms with Gasteiger partial charge in [-0.25, -0.2) is 0 Å². The van der Waals surface area contributed by atoms with Gasteiger partial charge in [0.05, 0.1) is 41.3 Å². The Labute approximate surface area is 271 Å². The van der Waals surface area contributed by atoms with Gasteiger partial charge in [0.2, 0.25) is 0 Å². The van der Waals surface area contributed by atoms with E-state index in [-0.39, 0.29) is 34.0 Å². The van der Waals surface area contributed by atoms with Crippen LogP contribution in [0.2, 0.25) is 0 Å². The molecule has 0 atom stereocenters. The standard InChI is InChI=1S/C34H66N2O2.2BrH/c1-7-9-11-13-15-17-19-21-27-35(3,4)29-31-37-33-23-25-34(26-24-33)38-32-30-36(5,6)28-22-20-18-16-14-12-10-8-2;;/h23-26H,7-22,27-32H2,1-6H3;2*1H/q+2;;/p-2. The molecule has 0 unspecified atom stereocenters. The molecule has 0 heterocycles. The molecule has 0 fully saturated rings. The van der Waals surface area contributed by atoms with Gasteiger partial charge < -0.3 is 52.4 Å². The van der Waals surface area contributed by atoms with Crippen molar-refractivity contribution >= 4 is 0 Å². The van der Waals surface area contributed by atoms with Gasteiger partial charge in [-0.2, -0.15) is 0 Å². The first-order chi connectivity index (χ1) is 18.3. The fraction of sp³-hybridized carbons (Fsp3) is 0.824. The molecule has 0 saturated heterocycles. The molecule has 1 rings (SSSR count). The summed E-state index contributed by atoms with van der Waals surface area (Å²) >= 11 is 0. The molecule has 0 radical (unpaired) electrons. The van der Waals surface area contributed by atoms with Gasteiger partial charge in [0.1, 0.15) is 37.8 Å². The predicted octanol–water partition coefficient (Wildman–Crippen LogP) is 2.89. The topological polar surface area (TPSA) is 18.5 Å². The SMILES string of the molecule is CCCCCCCCCC[N+](C)(C)CCOc1ccc(OCC[N+](C)(C)CCCCCCCCCC)cc1.[Br-].[Br-]. The molecule has 1 aromatic carbocycles. The Kier molecular flexibility index (Phi) is 27.5. The van der Waals surface area contributed by atoms with Gasteiger partial charge in [-0.05, 0) is 49.9 Å². The van der Waals surface area contributed by atoms with Gasteiger partial charge >= 0.3 is 0 Å². The maximum atomic E-state index is 6.06. The van der Waals surface area contributed by atoms with Gasteiger partial charge in [0, 0.05) is 0 Å². The molecule has 40 heavy (non-hydrogen) atoms. The van der Waals surface area contributed by atoms with E-state index in [1.807, 2.05) is 24.3 Å². The Balaban J connectivity index is 0. The number of benzene rings is 1. The summed E-state index contributed by atoms with van der Waals surface area (Å²) in [7, 11) is 9.32. The number of likely N-dealkylation sites (N-methyl/N-ethyl adjacent to an activating group) is 2. The quantitative estimate of drug-likeness (QED) is 0.110. The molecule has 0 aromatic heterocycles. The molecule has 0 spiro atoms. The highest BCUT2D eigenvalue weighted by atomic mass is 79.9. The van der Waals surface area contributed by atoms with Gasteiger partial charge in [-0.1, -0.05) is 90.9 Å². The first-order valence-electron chi connectivity index (χ1n) is 16.3. The molecule has 0 aliphatic rings. The maximum absolute atomic E-state index is 6.06. The van der Waals surface area contributed by atoms with E-state index in [2.05, 4.69) is 42.0 Å². The van der Waals surface area contributed by atoms with Crippen molar-refractivity contribution in [1.29, 1.82) is 0 Å². The molecule has 0 N–H and O–H groups in total. The van der Waals surface area contributed by atoms with Gasteiger partial charge in [0.15, 0.2) is 0 Å². The third-order valence-corrected chi connectivity index (χ3v) is 7.99. The zero-order chi connectivity index (χ0) is 28.0. The van der Waals surface area contributed by atoms with Crippen LogP contribution >= 0.6 is 0 Å². The molecule has 0 aliphatic heterocycles. The Bertz CT molecular complexity index is 611. The minimum atomic E-state index is 0. The van der Waals surface area contributed by atoms with Crippen LogP contribution in [0.3, 0.4) is 0 Å². The summed E-state index contributed by atoms with van der Waals surface area (Å²) in [5.41, 5.74) is 0. The lowest BCUT2D eigenvalue weighted by Gasteiger charge is -2.30. The van der Waals surface area contributed by atoms with Gasteiger partial charge in [0.25, 0.3) is 0 Å². The molecule has 0 saturated carbocycles. The van der Waals surface area contributed by atoms with Gasteiger partial charge in [-0.3, -0.25) is 0 Å². The Hall–Kier alpha value is -0.300. The minimum absolute atomic E-state index is 0.